The van der Waals surface area contributed by atoms with Crippen LogP contribution in [0.5, 0.6) is 0 Å². The lowest BCUT2D eigenvalue weighted by molar-refractivity contribution is -0.386. The minimum Gasteiger partial charge on any atom is -0.314 e. The standard InChI is InChI=1S/C11H15N3O2/c1-8-6-11(14(15)16)10(13-7-8)4-5-12-9-2-3-9/h6-7,9,12H,2-5H2,1H3. The molecule has 0 atom stereocenters. The zero-order valence-electron chi connectivity index (χ0n) is 9.27. The predicted molar refractivity (Wildman–Crippen MR) is 60.4 cm³/mol. The van der Waals surface area contributed by atoms with E-state index in [2.05, 4.69) is 10.3 Å². The van der Waals surface area contributed by atoms with Crippen molar-refractivity contribution in [2.45, 2.75) is 32.2 Å². The van der Waals surface area contributed by atoms with Crippen molar-refractivity contribution in [3.63, 3.8) is 0 Å². The number of hydrogen-bond acceptors (Lipinski definition) is 4. The van der Waals surface area contributed by atoms with Gasteiger partial charge in [-0.05, 0) is 25.3 Å². The third-order valence-corrected chi connectivity index (χ3v) is 2.65. The molecule has 1 aliphatic rings. The number of pyridine rings is 1. The molecule has 1 aromatic heterocycles. The van der Waals surface area contributed by atoms with E-state index in [-0.39, 0.29) is 10.6 Å². The third kappa shape index (κ3) is 2.76. The molecule has 1 heterocycles. The Labute approximate surface area is 94.0 Å². The Bertz CT molecular complexity index is 402. The molecular weight excluding hydrogens is 206 g/mol. The molecule has 5 nitrogen and oxygen atoms in total. The van der Waals surface area contributed by atoms with Gasteiger partial charge in [0.25, 0.3) is 5.69 Å². The molecule has 0 unspecified atom stereocenters. The van der Waals surface area contributed by atoms with Gasteiger partial charge in [0, 0.05) is 31.3 Å². The molecule has 1 aliphatic carbocycles. The van der Waals surface area contributed by atoms with E-state index in [1.807, 2.05) is 6.92 Å². The number of nitro groups is 1. The van der Waals surface area contributed by atoms with Gasteiger partial charge in [-0.3, -0.25) is 15.1 Å². The normalized spacial score (nSPS) is 15.1. The van der Waals surface area contributed by atoms with Crippen molar-refractivity contribution in [3.05, 3.63) is 33.6 Å². The molecule has 0 spiro atoms. The van der Waals surface area contributed by atoms with Gasteiger partial charge < -0.3 is 5.32 Å². The summed E-state index contributed by atoms with van der Waals surface area (Å²) in [5, 5.41) is 14.2. The maximum atomic E-state index is 10.8. The molecule has 0 aliphatic heterocycles. The van der Waals surface area contributed by atoms with Crippen LogP contribution in [0, 0.1) is 17.0 Å². The first-order valence-corrected chi connectivity index (χ1v) is 5.50. The molecule has 2 rings (SSSR count). The fourth-order valence-electron chi connectivity index (χ4n) is 1.61. The van der Waals surface area contributed by atoms with E-state index in [0.29, 0.717) is 18.2 Å². The first kappa shape index (κ1) is 11.0. The van der Waals surface area contributed by atoms with Crippen molar-refractivity contribution in [1.29, 1.82) is 0 Å². The molecule has 16 heavy (non-hydrogen) atoms. The highest BCUT2D eigenvalue weighted by atomic mass is 16.6. The Morgan fingerprint density at radius 2 is 2.38 bits per heavy atom. The van der Waals surface area contributed by atoms with Crippen molar-refractivity contribution in [2.24, 2.45) is 0 Å². The summed E-state index contributed by atoms with van der Waals surface area (Å²) in [6.07, 6.45) is 4.75. The summed E-state index contributed by atoms with van der Waals surface area (Å²) in [4.78, 5) is 14.6. The summed E-state index contributed by atoms with van der Waals surface area (Å²) < 4.78 is 0. The van der Waals surface area contributed by atoms with Crippen molar-refractivity contribution >= 4 is 5.69 Å². The Morgan fingerprint density at radius 3 is 3.00 bits per heavy atom. The number of rotatable bonds is 5. The second kappa shape index (κ2) is 4.57. The van der Waals surface area contributed by atoms with Crippen LogP contribution in [0.3, 0.4) is 0 Å². The first-order valence-electron chi connectivity index (χ1n) is 5.50. The quantitative estimate of drug-likeness (QED) is 0.605. The van der Waals surface area contributed by atoms with E-state index in [4.69, 9.17) is 0 Å². The first-order chi connectivity index (χ1) is 7.66. The SMILES string of the molecule is Cc1cnc(CCNC2CC2)c([N+](=O)[O-])c1. The molecule has 1 aromatic rings. The summed E-state index contributed by atoms with van der Waals surface area (Å²) in [5.74, 6) is 0. The number of aromatic nitrogens is 1. The van der Waals surface area contributed by atoms with Crippen molar-refractivity contribution in [1.82, 2.24) is 10.3 Å². The van der Waals surface area contributed by atoms with Crippen LogP contribution >= 0.6 is 0 Å². The van der Waals surface area contributed by atoms with Gasteiger partial charge in [-0.25, -0.2) is 0 Å². The molecule has 5 heteroatoms. The van der Waals surface area contributed by atoms with Crippen LogP contribution in [0.1, 0.15) is 24.1 Å². The lowest BCUT2D eigenvalue weighted by atomic mass is 10.2. The van der Waals surface area contributed by atoms with E-state index in [1.165, 1.54) is 12.8 Å². The van der Waals surface area contributed by atoms with E-state index in [0.717, 1.165) is 12.1 Å². The number of nitrogens with one attached hydrogen (secondary N) is 1. The van der Waals surface area contributed by atoms with Gasteiger partial charge in [0.2, 0.25) is 0 Å². The Balaban J connectivity index is 2.02. The Kier molecular flexibility index (Phi) is 3.14. The smallest absolute Gasteiger partial charge is 0.291 e. The third-order valence-electron chi connectivity index (χ3n) is 2.65. The number of nitrogens with zero attached hydrogens (tertiary/aromatic N) is 2. The average molecular weight is 221 g/mol. The van der Waals surface area contributed by atoms with Crippen molar-refractivity contribution in [3.8, 4) is 0 Å². The lowest BCUT2D eigenvalue weighted by Crippen LogP contribution is -2.20. The molecule has 0 bridgehead atoms. The van der Waals surface area contributed by atoms with E-state index in [1.54, 1.807) is 12.3 Å². The van der Waals surface area contributed by atoms with Crippen LogP contribution in [0.4, 0.5) is 5.69 Å². The molecule has 0 amide bonds. The topological polar surface area (TPSA) is 68.1 Å². The van der Waals surface area contributed by atoms with Crippen LogP contribution < -0.4 is 5.32 Å². The fourth-order valence-corrected chi connectivity index (χ4v) is 1.61. The minimum absolute atomic E-state index is 0.137. The lowest BCUT2D eigenvalue weighted by Gasteiger charge is -2.04. The summed E-state index contributed by atoms with van der Waals surface area (Å²) in [7, 11) is 0. The number of hydrogen-bond donors (Lipinski definition) is 1. The largest absolute Gasteiger partial charge is 0.314 e. The van der Waals surface area contributed by atoms with Gasteiger partial charge in [-0.15, -0.1) is 0 Å². The molecule has 1 N–H and O–H groups in total. The molecule has 1 saturated carbocycles. The van der Waals surface area contributed by atoms with E-state index < -0.39 is 0 Å². The van der Waals surface area contributed by atoms with Crippen LogP contribution in [0.15, 0.2) is 12.3 Å². The molecular formula is C11H15N3O2. The highest BCUT2D eigenvalue weighted by molar-refractivity contribution is 5.37. The maximum Gasteiger partial charge on any atom is 0.291 e. The Morgan fingerprint density at radius 1 is 1.62 bits per heavy atom. The van der Waals surface area contributed by atoms with Gasteiger partial charge in [0.1, 0.15) is 5.69 Å². The zero-order chi connectivity index (χ0) is 11.5. The summed E-state index contributed by atoms with van der Waals surface area (Å²) >= 11 is 0. The van der Waals surface area contributed by atoms with E-state index in [9.17, 15) is 10.1 Å². The van der Waals surface area contributed by atoms with E-state index >= 15 is 0 Å². The molecule has 0 aromatic carbocycles. The second-order valence-electron chi connectivity index (χ2n) is 4.21. The highest BCUT2D eigenvalue weighted by Gasteiger charge is 2.21. The Hall–Kier alpha value is -1.49. The number of aryl methyl sites for hydroxylation is 1. The van der Waals surface area contributed by atoms with Gasteiger partial charge in [0.05, 0.1) is 4.92 Å². The van der Waals surface area contributed by atoms with Crippen molar-refractivity contribution in [2.75, 3.05) is 6.54 Å². The average Bonchev–Trinajstić information content (AvgIpc) is 3.04. The van der Waals surface area contributed by atoms with Crippen LogP contribution in [-0.4, -0.2) is 22.5 Å². The second-order valence-corrected chi connectivity index (χ2v) is 4.21. The minimum atomic E-state index is -0.355. The summed E-state index contributed by atoms with van der Waals surface area (Å²) in [5.41, 5.74) is 1.53. The summed E-state index contributed by atoms with van der Waals surface area (Å²) in [6, 6.07) is 2.21. The summed E-state index contributed by atoms with van der Waals surface area (Å²) in [6.45, 7) is 2.58. The molecule has 0 radical (unpaired) electrons. The van der Waals surface area contributed by atoms with Gasteiger partial charge in [0.15, 0.2) is 0 Å². The monoisotopic (exact) mass is 221 g/mol. The predicted octanol–water partition coefficient (Wildman–Crippen LogP) is 1.59. The fraction of sp³-hybridized carbons (Fsp3) is 0.545. The molecule has 86 valence electrons. The van der Waals surface area contributed by atoms with Crippen LogP contribution in [0.2, 0.25) is 0 Å². The van der Waals surface area contributed by atoms with Crippen LogP contribution in [-0.2, 0) is 6.42 Å². The molecule has 0 saturated heterocycles. The molecule has 1 fully saturated rings. The van der Waals surface area contributed by atoms with Crippen LogP contribution in [0.25, 0.3) is 0 Å². The van der Waals surface area contributed by atoms with Gasteiger partial charge in [-0.2, -0.15) is 0 Å². The van der Waals surface area contributed by atoms with Gasteiger partial charge in [-0.1, -0.05) is 0 Å². The highest BCUT2D eigenvalue weighted by Crippen LogP contribution is 2.20. The zero-order valence-corrected chi connectivity index (χ0v) is 9.27. The van der Waals surface area contributed by atoms with Crippen molar-refractivity contribution < 1.29 is 4.92 Å². The maximum absolute atomic E-state index is 10.8. The van der Waals surface area contributed by atoms with Gasteiger partial charge >= 0.3 is 0 Å².